The van der Waals surface area contributed by atoms with Crippen LogP contribution in [0.4, 0.5) is 0 Å². The third-order valence-corrected chi connectivity index (χ3v) is 3.91. The molecule has 4 nitrogen and oxygen atoms in total. The fourth-order valence-electron chi connectivity index (χ4n) is 3.12. The van der Waals surface area contributed by atoms with E-state index >= 15 is 0 Å². The maximum atomic E-state index is 4.21. The van der Waals surface area contributed by atoms with Crippen LogP contribution >= 0.6 is 0 Å². The molecule has 2 fully saturated rings. The first-order valence-electron chi connectivity index (χ1n) is 6.38. The van der Waals surface area contributed by atoms with Crippen LogP contribution in [0.25, 0.3) is 0 Å². The highest BCUT2D eigenvalue weighted by molar-refractivity contribution is 4.95. The zero-order chi connectivity index (χ0) is 10.8. The van der Waals surface area contributed by atoms with Crippen molar-refractivity contribution >= 4 is 0 Å². The Kier molecular flexibility index (Phi) is 2.93. The Labute approximate surface area is 96.6 Å². The lowest BCUT2D eigenvalue weighted by Crippen LogP contribution is -2.40. The van der Waals surface area contributed by atoms with E-state index in [2.05, 4.69) is 15.3 Å². The monoisotopic (exact) mass is 220 g/mol. The lowest BCUT2D eigenvalue weighted by atomic mass is 10.1. The van der Waals surface area contributed by atoms with Gasteiger partial charge in [0, 0.05) is 37.6 Å². The summed E-state index contributed by atoms with van der Waals surface area (Å²) < 4.78 is 1.99. The number of fused-ring (bicyclic) bond motifs is 1. The largest absolute Gasteiger partial charge is 0.311 e. The Morgan fingerprint density at radius 1 is 1.31 bits per heavy atom. The van der Waals surface area contributed by atoms with Crippen LogP contribution in [0.2, 0.25) is 0 Å². The van der Waals surface area contributed by atoms with E-state index in [-0.39, 0.29) is 0 Å². The van der Waals surface area contributed by atoms with Gasteiger partial charge in [0.15, 0.2) is 0 Å². The third-order valence-electron chi connectivity index (χ3n) is 3.91. The minimum absolute atomic E-state index is 0.720. The molecular weight excluding hydrogens is 200 g/mol. The topological polar surface area (TPSA) is 33.1 Å². The molecule has 0 amide bonds. The zero-order valence-corrected chi connectivity index (χ0v) is 9.68. The van der Waals surface area contributed by atoms with Crippen LogP contribution < -0.4 is 5.32 Å². The molecule has 2 aliphatic rings. The molecule has 1 aromatic heterocycles. The number of aromatic nitrogens is 2. The number of nitrogens with one attached hydrogen (secondary N) is 1. The number of nitrogens with zero attached hydrogens (tertiary/aromatic N) is 3. The van der Waals surface area contributed by atoms with E-state index in [4.69, 9.17) is 0 Å². The molecule has 3 heterocycles. The van der Waals surface area contributed by atoms with Crippen LogP contribution in [0.1, 0.15) is 19.3 Å². The van der Waals surface area contributed by atoms with Gasteiger partial charge >= 0.3 is 0 Å². The van der Waals surface area contributed by atoms with Crippen molar-refractivity contribution in [3.8, 4) is 0 Å². The molecule has 88 valence electrons. The summed E-state index contributed by atoms with van der Waals surface area (Å²) >= 11 is 0. The van der Waals surface area contributed by atoms with Crippen molar-refractivity contribution in [2.24, 2.45) is 0 Å². The summed E-state index contributed by atoms with van der Waals surface area (Å²) in [5.41, 5.74) is 0. The van der Waals surface area contributed by atoms with Crippen molar-refractivity contribution in [3.05, 3.63) is 18.5 Å². The van der Waals surface area contributed by atoms with E-state index in [1.54, 1.807) is 0 Å². The van der Waals surface area contributed by atoms with Gasteiger partial charge in [-0.3, -0.25) is 9.58 Å². The molecule has 2 saturated heterocycles. The van der Waals surface area contributed by atoms with E-state index in [0.717, 1.165) is 25.2 Å². The number of hydrogen-bond acceptors (Lipinski definition) is 3. The minimum atomic E-state index is 0.720. The first-order chi connectivity index (χ1) is 7.93. The normalized spacial score (nSPS) is 29.8. The smallest absolute Gasteiger partial charge is 0.0534 e. The van der Waals surface area contributed by atoms with E-state index in [0.29, 0.717) is 0 Å². The quantitative estimate of drug-likeness (QED) is 0.811. The van der Waals surface area contributed by atoms with E-state index in [1.807, 2.05) is 23.1 Å². The van der Waals surface area contributed by atoms with Crippen molar-refractivity contribution in [1.82, 2.24) is 20.0 Å². The molecule has 1 aromatic rings. The van der Waals surface area contributed by atoms with Crippen LogP contribution in [0, 0.1) is 0 Å². The van der Waals surface area contributed by atoms with Crippen molar-refractivity contribution in [3.63, 3.8) is 0 Å². The van der Waals surface area contributed by atoms with Gasteiger partial charge in [0.2, 0.25) is 0 Å². The fourth-order valence-corrected chi connectivity index (χ4v) is 3.12. The summed E-state index contributed by atoms with van der Waals surface area (Å²) in [5.74, 6) is 0. The summed E-state index contributed by atoms with van der Waals surface area (Å²) in [4.78, 5) is 2.64. The predicted molar refractivity (Wildman–Crippen MR) is 63.2 cm³/mol. The fraction of sp³-hybridized carbons (Fsp3) is 0.750. The van der Waals surface area contributed by atoms with Crippen molar-refractivity contribution in [2.45, 2.75) is 37.9 Å². The zero-order valence-electron chi connectivity index (χ0n) is 9.68. The molecule has 1 N–H and O–H groups in total. The Morgan fingerprint density at radius 3 is 3.19 bits per heavy atom. The van der Waals surface area contributed by atoms with Gasteiger partial charge in [-0.25, -0.2) is 0 Å². The van der Waals surface area contributed by atoms with E-state index in [1.165, 1.54) is 32.4 Å². The van der Waals surface area contributed by atoms with Crippen molar-refractivity contribution in [1.29, 1.82) is 0 Å². The van der Waals surface area contributed by atoms with E-state index < -0.39 is 0 Å². The summed E-state index contributed by atoms with van der Waals surface area (Å²) in [6, 6.07) is 3.52. The average Bonchev–Trinajstić information content (AvgIpc) is 2.95. The highest BCUT2D eigenvalue weighted by Gasteiger charge is 2.36. The molecule has 2 atom stereocenters. The maximum Gasteiger partial charge on any atom is 0.0534 e. The molecule has 0 aliphatic carbocycles. The summed E-state index contributed by atoms with van der Waals surface area (Å²) in [5, 5.41) is 7.90. The molecule has 0 radical (unpaired) electrons. The summed E-state index contributed by atoms with van der Waals surface area (Å²) in [6.45, 7) is 4.64. The minimum Gasteiger partial charge on any atom is -0.311 e. The highest BCUT2D eigenvalue weighted by atomic mass is 15.3. The molecule has 16 heavy (non-hydrogen) atoms. The Morgan fingerprint density at radius 2 is 2.31 bits per heavy atom. The van der Waals surface area contributed by atoms with E-state index in [9.17, 15) is 0 Å². The van der Waals surface area contributed by atoms with Crippen LogP contribution in [0.15, 0.2) is 18.5 Å². The van der Waals surface area contributed by atoms with Crippen LogP contribution in [0.3, 0.4) is 0 Å². The highest BCUT2D eigenvalue weighted by Crippen LogP contribution is 2.27. The first kappa shape index (κ1) is 10.3. The molecule has 0 spiro atoms. The Balaban J connectivity index is 1.45. The second-order valence-corrected chi connectivity index (χ2v) is 4.86. The van der Waals surface area contributed by atoms with Gasteiger partial charge in [0.05, 0.1) is 6.54 Å². The second-order valence-electron chi connectivity index (χ2n) is 4.86. The molecule has 0 bridgehead atoms. The van der Waals surface area contributed by atoms with Gasteiger partial charge in [-0.2, -0.15) is 5.10 Å². The van der Waals surface area contributed by atoms with Crippen LogP contribution in [-0.2, 0) is 6.54 Å². The van der Waals surface area contributed by atoms with Gasteiger partial charge in [-0.15, -0.1) is 0 Å². The lowest BCUT2D eigenvalue weighted by Gasteiger charge is -2.21. The number of rotatable bonds is 4. The maximum absolute atomic E-state index is 4.21. The Hall–Kier alpha value is -0.870. The molecule has 4 heteroatoms. The molecule has 3 rings (SSSR count). The third kappa shape index (κ3) is 1.99. The first-order valence-corrected chi connectivity index (χ1v) is 6.38. The van der Waals surface area contributed by atoms with Gasteiger partial charge in [-0.1, -0.05) is 0 Å². The molecule has 0 saturated carbocycles. The van der Waals surface area contributed by atoms with Crippen LogP contribution in [-0.4, -0.2) is 46.4 Å². The molecule has 2 unspecified atom stereocenters. The standard InChI is InChI=1S/C12H20N4/c1-3-12-11(4-9-15(12)7-1)13-6-10-16-8-2-5-14-16/h2,5,8,11-13H,1,3-4,6-7,9-10H2. The van der Waals surface area contributed by atoms with Crippen molar-refractivity contribution < 1.29 is 0 Å². The SMILES string of the molecule is c1cnn(CCNC2CCN3CCCC23)c1. The molecular formula is C12H20N4. The van der Waals surface area contributed by atoms with Gasteiger partial charge in [0.1, 0.15) is 0 Å². The predicted octanol–water partition coefficient (Wildman–Crippen LogP) is 0.709. The second kappa shape index (κ2) is 4.55. The van der Waals surface area contributed by atoms with Gasteiger partial charge in [0.25, 0.3) is 0 Å². The lowest BCUT2D eigenvalue weighted by molar-refractivity contribution is 0.297. The van der Waals surface area contributed by atoms with Gasteiger partial charge < -0.3 is 5.32 Å². The van der Waals surface area contributed by atoms with Crippen LogP contribution in [0.5, 0.6) is 0 Å². The molecule has 0 aromatic carbocycles. The number of hydrogen-bond donors (Lipinski definition) is 1. The van der Waals surface area contributed by atoms with Gasteiger partial charge in [-0.05, 0) is 31.9 Å². The average molecular weight is 220 g/mol. The Bertz CT molecular complexity index is 322. The van der Waals surface area contributed by atoms with Crippen molar-refractivity contribution in [2.75, 3.05) is 19.6 Å². The molecule has 2 aliphatic heterocycles. The summed E-state index contributed by atoms with van der Waals surface area (Å²) in [7, 11) is 0. The summed E-state index contributed by atoms with van der Waals surface area (Å²) in [6.07, 6.45) is 7.97.